The van der Waals surface area contributed by atoms with E-state index < -0.39 is 7.12 Å². The molecule has 0 unspecified atom stereocenters. The van der Waals surface area contributed by atoms with Gasteiger partial charge in [0.2, 0.25) is 0 Å². The lowest BCUT2D eigenvalue weighted by Crippen LogP contribution is -2.29. The first-order valence-corrected chi connectivity index (χ1v) is 6.27. The van der Waals surface area contributed by atoms with Gasteiger partial charge in [-0.2, -0.15) is 0 Å². The van der Waals surface area contributed by atoms with Crippen LogP contribution in [0.4, 0.5) is 0 Å². The highest BCUT2D eigenvalue weighted by Crippen LogP contribution is 2.26. The average molecular weight is 248 g/mol. The van der Waals surface area contributed by atoms with Crippen molar-refractivity contribution in [1.82, 2.24) is 0 Å². The zero-order valence-corrected chi connectivity index (χ0v) is 10.3. The number of rotatable bonds is 4. The van der Waals surface area contributed by atoms with Crippen LogP contribution in [0.2, 0.25) is 0 Å². The van der Waals surface area contributed by atoms with Crippen molar-refractivity contribution in [3.63, 3.8) is 0 Å². The first-order chi connectivity index (χ1) is 8.16. The zero-order valence-electron chi connectivity index (χ0n) is 9.46. The molecule has 0 aliphatic heterocycles. The lowest BCUT2D eigenvalue weighted by atomic mass is 9.80. The average Bonchev–Trinajstić information content (AvgIpc) is 2.73. The van der Waals surface area contributed by atoms with Crippen molar-refractivity contribution >= 4 is 24.3 Å². The minimum Gasteiger partial charge on any atom is -0.468 e. The summed E-state index contributed by atoms with van der Waals surface area (Å²) in [6.45, 7) is 1.94. The van der Waals surface area contributed by atoms with Crippen LogP contribution in [0.25, 0.3) is 0 Å². The zero-order chi connectivity index (χ0) is 12.3. The summed E-state index contributed by atoms with van der Waals surface area (Å²) < 4.78 is 5.22. The summed E-state index contributed by atoms with van der Waals surface area (Å²) in [5.41, 5.74) is 1.65. The van der Waals surface area contributed by atoms with Crippen LogP contribution in [-0.2, 0) is 5.75 Å². The molecule has 1 aromatic heterocycles. The molecule has 0 atom stereocenters. The van der Waals surface area contributed by atoms with Gasteiger partial charge in [-0.25, -0.2) is 0 Å². The van der Waals surface area contributed by atoms with Gasteiger partial charge in [0.05, 0.1) is 6.26 Å². The van der Waals surface area contributed by atoms with Crippen LogP contribution < -0.4 is 5.46 Å². The summed E-state index contributed by atoms with van der Waals surface area (Å²) in [6.07, 6.45) is 1.68. The molecule has 0 saturated heterocycles. The highest BCUT2D eigenvalue weighted by atomic mass is 32.2. The van der Waals surface area contributed by atoms with E-state index in [1.807, 2.05) is 25.1 Å². The molecule has 2 aromatic rings. The molecule has 17 heavy (non-hydrogen) atoms. The van der Waals surface area contributed by atoms with E-state index in [4.69, 9.17) is 14.5 Å². The molecule has 0 bridgehead atoms. The number of thioether (sulfide) groups is 1. The first kappa shape index (κ1) is 12.3. The van der Waals surface area contributed by atoms with Gasteiger partial charge >= 0.3 is 7.12 Å². The Hall–Kier alpha value is -1.17. The number of aryl methyl sites for hydroxylation is 1. The quantitative estimate of drug-likeness (QED) is 0.636. The standard InChI is InChI=1S/C12H13BO3S/c1-9-12(6-7-16-9)17-8-10-2-4-11(5-3-10)13(14)15/h2-7,14-15H,8H2,1H3. The van der Waals surface area contributed by atoms with E-state index in [0.29, 0.717) is 5.46 Å². The van der Waals surface area contributed by atoms with Crippen LogP contribution in [0.1, 0.15) is 11.3 Å². The Bertz CT molecular complexity index is 479. The van der Waals surface area contributed by atoms with Crippen LogP contribution in [0.15, 0.2) is 45.9 Å². The SMILES string of the molecule is Cc1occc1SCc1ccc(B(O)O)cc1. The summed E-state index contributed by atoms with van der Waals surface area (Å²) in [5.74, 6) is 1.76. The van der Waals surface area contributed by atoms with Crippen LogP contribution in [0.3, 0.4) is 0 Å². The second kappa shape index (κ2) is 5.45. The molecule has 0 aliphatic carbocycles. The highest BCUT2D eigenvalue weighted by molar-refractivity contribution is 7.98. The highest BCUT2D eigenvalue weighted by Gasteiger charge is 2.09. The largest absolute Gasteiger partial charge is 0.488 e. The van der Waals surface area contributed by atoms with E-state index in [1.165, 1.54) is 0 Å². The predicted molar refractivity (Wildman–Crippen MR) is 69.3 cm³/mol. The van der Waals surface area contributed by atoms with E-state index in [-0.39, 0.29) is 0 Å². The Morgan fingerprint density at radius 2 is 1.88 bits per heavy atom. The van der Waals surface area contributed by atoms with Crippen molar-refractivity contribution < 1.29 is 14.5 Å². The first-order valence-electron chi connectivity index (χ1n) is 5.28. The van der Waals surface area contributed by atoms with Crippen molar-refractivity contribution in [3.8, 4) is 0 Å². The Balaban J connectivity index is 1.98. The van der Waals surface area contributed by atoms with Crippen molar-refractivity contribution in [2.45, 2.75) is 17.6 Å². The smallest absolute Gasteiger partial charge is 0.468 e. The molecule has 0 amide bonds. The molecule has 0 fully saturated rings. The minimum absolute atomic E-state index is 0.512. The van der Waals surface area contributed by atoms with Crippen molar-refractivity contribution in [1.29, 1.82) is 0 Å². The minimum atomic E-state index is -1.40. The van der Waals surface area contributed by atoms with Gasteiger partial charge in [0, 0.05) is 10.6 Å². The van der Waals surface area contributed by atoms with Crippen LogP contribution >= 0.6 is 11.8 Å². The summed E-state index contributed by atoms with van der Waals surface area (Å²) in [6, 6.07) is 9.20. The van der Waals surface area contributed by atoms with Gasteiger partial charge < -0.3 is 14.5 Å². The van der Waals surface area contributed by atoms with Gasteiger partial charge in [-0.15, -0.1) is 11.8 Å². The Labute approximate surface area is 105 Å². The van der Waals surface area contributed by atoms with E-state index in [1.54, 1.807) is 30.2 Å². The molecule has 3 nitrogen and oxygen atoms in total. The van der Waals surface area contributed by atoms with Crippen molar-refractivity contribution in [3.05, 3.63) is 47.9 Å². The fourth-order valence-electron chi connectivity index (χ4n) is 1.47. The molecule has 0 radical (unpaired) electrons. The summed E-state index contributed by atoms with van der Waals surface area (Å²) >= 11 is 1.70. The normalized spacial score (nSPS) is 10.5. The maximum Gasteiger partial charge on any atom is 0.488 e. The monoisotopic (exact) mass is 248 g/mol. The van der Waals surface area contributed by atoms with Crippen molar-refractivity contribution in [2.24, 2.45) is 0 Å². The molecule has 5 heteroatoms. The van der Waals surface area contributed by atoms with Crippen LogP contribution in [-0.4, -0.2) is 17.2 Å². The van der Waals surface area contributed by atoms with Crippen LogP contribution in [0.5, 0.6) is 0 Å². The summed E-state index contributed by atoms with van der Waals surface area (Å²) in [5, 5.41) is 17.9. The maximum atomic E-state index is 8.97. The molecule has 2 N–H and O–H groups in total. The summed E-state index contributed by atoms with van der Waals surface area (Å²) in [4.78, 5) is 1.14. The predicted octanol–water partition coefficient (Wildman–Crippen LogP) is 1.56. The summed E-state index contributed by atoms with van der Waals surface area (Å²) in [7, 11) is -1.40. The van der Waals surface area contributed by atoms with Gasteiger partial charge in [-0.1, -0.05) is 24.3 Å². The Morgan fingerprint density at radius 1 is 1.18 bits per heavy atom. The van der Waals surface area contributed by atoms with Crippen molar-refractivity contribution in [2.75, 3.05) is 0 Å². The van der Waals surface area contributed by atoms with Gasteiger partial charge in [0.25, 0.3) is 0 Å². The molecular weight excluding hydrogens is 235 g/mol. The number of benzene rings is 1. The molecule has 0 aliphatic rings. The van der Waals surface area contributed by atoms with Gasteiger partial charge in [0.15, 0.2) is 0 Å². The fourth-order valence-corrected chi connectivity index (χ4v) is 2.39. The molecule has 1 heterocycles. The van der Waals surface area contributed by atoms with Gasteiger partial charge in [-0.3, -0.25) is 0 Å². The molecule has 0 spiro atoms. The third-order valence-corrected chi connectivity index (χ3v) is 3.70. The molecular formula is C12H13BO3S. The third kappa shape index (κ3) is 3.15. The van der Waals surface area contributed by atoms with E-state index in [2.05, 4.69) is 0 Å². The van der Waals surface area contributed by atoms with Crippen LogP contribution in [0, 0.1) is 6.92 Å². The third-order valence-electron chi connectivity index (χ3n) is 2.48. The molecule has 1 aromatic carbocycles. The second-order valence-corrected chi connectivity index (χ2v) is 4.76. The lowest BCUT2D eigenvalue weighted by molar-refractivity contribution is 0.426. The van der Waals surface area contributed by atoms with E-state index >= 15 is 0 Å². The fraction of sp³-hybridized carbons (Fsp3) is 0.167. The Morgan fingerprint density at radius 3 is 2.41 bits per heavy atom. The van der Waals surface area contributed by atoms with E-state index in [9.17, 15) is 0 Å². The number of hydrogen-bond donors (Lipinski definition) is 2. The molecule has 2 rings (SSSR count). The second-order valence-electron chi connectivity index (χ2n) is 3.74. The molecule has 88 valence electrons. The topological polar surface area (TPSA) is 53.6 Å². The van der Waals surface area contributed by atoms with E-state index in [0.717, 1.165) is 22.0 Å². The lowest BCUT2D eigenvalue weighted by Gasteiger charge is -2.03. The van der Waals surface area contributed by atoms with Gasteiger partial charge in [-0.05, 0) is 24.0 Å². The molecule has 0 saturated carbocycles. The number of hydrogen-bond acceptors (Lipinski definition) is 4. The maximum absolute atomic E-state index is 8.97. The number of furan rings is 1. The Kier molecular flexibility index (Phi) is 3.94. The van der Waals surface area contributed by atoms with Gasteiger partial charge in [0.1, 0.15) is 5.76 Å².